The third-order valence-corrected chi connectivity index (χ3v) is 2.65. The summed E-state index contributed by atoms with van der Waals surface area (Å²) in [5.74, 6) is 0.549. The van der Waals surface area contributed by atoms with E-state index in [1.807, 2.05) is 6.92 Å². The minimum absolute atomic E-state index is 0.201. The van der Waals surface area contributed by atoms with E-state index >= 15 is 0 Å². The average Bonchev–Trinajstić information content (AvgIpc) is 2.02. The van der Waals surface area contributed by atoms with Crippen LogP contribution < -0.4 is 0 Å². The Morgan fingerprint density at radius 3 is 2.69 bits per heavy atom. The fraction of sp³-hybridized carbons (Fsp3) is 1.00. The predicted octanol–water partition coefficient (Wildman–Crippen LogP) is 0.460. The molecule has 0 amide bonds. The van der Waals surface area contributed by atoms with E-state index in [0.29, 0.717) is 12.5 Å². The Bertz CT molecular complexity index is 142. The van der Waals surface area contributed by atoms with Crippen LogP contribution in [0, 0.1) is 5.92 Å². The van der Waals surface area contributed by atoms with Gasteiger partial charge in [0.1, 0.15) is 0 Å². The van der Waals surface area contributed by atoms with Gasteiger partial charge in [-0.05, 0) is 18.8 Å². The van der Waals surface area contributed by atoms with Crippen LogP contribution in [-0.2, 0) is 0 Å². The Morgan fingerprint density at radius 1 is 1.46 bits per heavy atom. The zero-order chi connectivity index (χ0) is 9.84. The molecule has 1 aliphatic heterocycles. The van der Waals surface area contributed by atoms with Crippen molar-refractivity contribution in [2.45, 2.75) is 38.9 Å². The zero-order valence-electron chi connectivity index (χ0n) is 8.61. The number of piperidine rings is 1. The van der Waals surface area contributed by atoms with Crippen LogP contribution in [0.25, 0.3) is 0 Å². The lowest BCUT2D eigenvalue weighted by molar-refractivity contribution is 0.0185. The van der Waals surface area contributed by atoms with Gasteiger partial charge in [0, 0.05) is 19.6 Å². The van der Waals surface area contributed by atoms with Gasteiger partial charge in [-0.15, -0.1) is 0 Å². The maximum atomic E-state index is 9.51. The second-order valence-electron chi connectivity index (χ2n) is 4.28. The van der Waals surface area contributed by atoms with Crippen LogP contribution in [0.3, 0.4) is 0 Å². The first-order valence-corrected chi connectivity index (χ1v) is 5.20. The van der Waals surface area contributed by atoms with Crippen LogP contribution in [0.2, 0.25) is 0 Å². The summed E-state index contributed by atoms with van der Waals surface area (Å²) in [5, 5.41) is 19.0. The maximum Gasteiger partial charge on any atom is 0.0670 e. The van der Waals surface area contributed by atoms with Crippen molar-refractivity contribution in [2.75, 3.05) is 19.6 Å². The van der Waals surface area contributed by atoms with Crippen molar-refractivity contribution in [2.24, 2.45) is 5.92 Å². The second-order valence-corrected chi connectivity index (χ2v) is 4.28. The van der Waals surface area contributed by atoms with E-state index in [2.05, 4.69) is 11.8 Å². The highest BCUT2D eigenvalue weighted by Gasteiger charge is 2.23. The lowest BCUT2D eigenvalue weighted by atomic mass is 9.97. The molecule has 1 rings (SSSR count). The molecule has 1 saturated heterocycles. The molecular weight excluding hydrogens is 166 g/mol. The quantitative estimate of drug-likeness (QED) is 0.674. The minimum Gasteiger partial charge on any atom is -0.392 e. The van der Waals surface area contributed by atoms with Crippen LogP contribution in [0.1, 0.15) is 26.7 Å². The third-order valence-electron chi connectivity index (χ3n) is 2.65. The van der Waals surface area contributed by atoms with Crippen LogP contribution in [0.15, 0.2) is 0 Å². The molecule has 0 radical (unpaired) electrons. The van der Waals surface area contributed by atoms with Gasteiger partial charge in [-0.25, -0.2) is 0 Å². The van der Waals surface area contributed by atoms with Gasteiger partial charge in [0.2, 0.25) is 0 Å². The van der Waals surface area contributed by atoms with E-state index in [1.165, 1.54) is 0 Å². The fourth-order valence-corrected chi connectivity index (χ4v) is 2.00. The Hall–Kier alpha value is -0.120. The molecule has 0 spiro atoms. The molecule has 0 bridgehead atoms. The van der Waals surface area contributed by atoms with E-state index < -0.39 is 0 Å². The van der Waals surface area contributed by atoms with E-state index in [9.17, 15) is 10.2 Å². The summed E-state index contributed by atoms with van der Waals surface area (Å²) >= 11 is 0. The molecule has 2 N–H and O–H groups in total. The molecule has 1 aliphatic rings. The number of aliphatic hydroxyl groups excluding tert-OH is 2. The molecule has 0 aromatic carbocycles. The molecule has 0 aliphatic carbocycles. The number of likely N-dealkylation sites (tertiary alicyclic amines) is 1. The van der Waals surface area contributed by atoms with Gasteiger partial charge in [0.15, 0.2) is 0 Å². The Morgan fingerprint density at radius 2 is 2.15 bits per heavy atom. The first kappa shape index (κ1) is 11.0. The Kier molecular flexibility index (Phi) is 4.16. The fourth-order valence-electron chi connectivity index (χ4n) is 2.00. The highest BCUT2D eigenvalue weighted by atomic mass is 16.3. The van der Waals surface area contributed by atoms with Gasteiger partial charge in [0.25, 0.3) is 0 Å². The summed E-state index contributed by atoms with van der Waals surface area (Å²) in [4.78, 5) is 2.16. The topological polar surface area (TPSA) is 43.7 Å². The molecule has 3 heteroatoms. The lowest BCUT2D eigenvalue weighted by Crippen LogP contribution is -2.45. The van der Waals surface area contributed by atoms with E-state index in [-0.39, 0.29) is 12.2 Å². The van der Waals surface area contributed by atoms with Gasteiger partial charge in [-0.2, -0.15) is 0 Å². The highest BCUT2D eigenvalue weighted by Crippen LogP contribution is 2.16. The summed E-state index contributed by atoms with van der Waals surface area (Å²) < 4.78 is 0. The largest absolute Gasteiger partial charge is 0.392 e. The molecule has 78 valence electrons. The number of hydrogen-bond donors (Lipinski definition) is 2. The molecule has 0 saturated carbocycles. The van der Waals surface area contributed by atoms with Crippen LogP contribution in [0.5, 0.6) is 0 Å². The second kappa shape index (κ2) is 4.94. The van der Waals surface area contributed by atoms with Crippen molar-refractivity contribution in [1.29, 1.82) is 0 Å². The van der Waals surface area contributed by atoms with E-state index in [1.54, 1.807) is 0 Å². The number of rotatable bonds is 3. The van der Waals surface area contributed by atoms with E-state index in [0.717, 1.165) is 25.9 Å². The van der Waals surface area contributed by atoms with Crippen LogP contribution in [-0.4, -0.2) is 47.0 Å². The highest BCUT2D eigenvalue weighted by molar-refractivity contribution is 4.77. The van der Waals surface area contributed by atoms with Crippen molar-refractivity contribution in [1.82, 2.24) is 4.90 Å². The summed E-state index contributed by atoms with van der Waals surface area (Å²) in [5.41, 5.74) is 0. The summed E-state index contributed by atoms with van der Waals surface area (Å²) in [7, 11) is 0. The van der Waals surface area contributed by atoms with Crippen molar-refractivity contribution < 1.29 is 10.2 Å². The van der Waals surface area contributed by atoms with E-state index in [4.69, 9.17) is 0 Å². The Labute approximate surface area is 80.4 Å². The predicted molar refractivity (Wildman–Crippen MR) is 52.5 cm³/mol. The van der Waals surface area contributed by atoms with Gasteiger partial charge < -0.3 is 10.2 Å². The first-order chi connectivity index (χ1) is 6.11. The van der Waals surface area contributed by atoms with Crippen molar-refractivity contribution >= 4 is 0 Å². The van der Waals surface area contributed by atoms with Gasteiger partial charge in [-0.1, -0.05) is 13.8 Å². The summed E-state index contributed by atoms with van der Waals surface area (Å²) in [6.07, 6.45) is 1.25. The van der Waals surface area contributed by atoms with Crippen molar-refractivity contribution in [3.8, 4) is 0 Å². The maximum absolute atomic E-state index is 9.51. The van der Waals surface area contributed by atoms with Crippen molar-refractivity contribution in [3.63, 3.8) is 0 Å². The number of β-amino-alcohol motifs (C(OH)–C–C–N with tert-alkyl or cyclic N) is 2. The summed E-state index contributed by atoms with van der Waals surface area (Å²) in [6, 6.07) is 0. The molecular formula is C10H21NO2. The Balaban J connectivity index is 2.32. The molecule has 1 fully saturated rings. The standard InChI is InChI=1S/C10H21NO2/c1-3-9(12)6-11-5-8(2)4-10(13)7-11/h8-10,12-13H,3-7H2,1-2H3/t8-,9-,10+/m0/s1. The normalized spacial score (nSPS) is 33.2. The van der Waals surface area contributed by atoms with Gasteiger partial charge in [-0.3, -0.25) is 4.90 Å². The summed E-state index contributed by atoms with van der Waals surface area (Å²) in [6.45, 7) is 6.57. The molecule has 0 aromatic rings. The van der Waals surface area contributed by atoms with Gasteiger partial charge >= 0.3 is 0 Å². The molecule has 1 heterocycles. The van der Waals surface area contributed by atoms with Gasteiger partial charge in [0.05, 0.1) is 12.2 Å². The van der Waals surface area contributed by atoms with Crippen LogP contribution in [0.4, 0.5) is 0 Å². The third kappa shape index (κ3) is 3.63. The number of hydrogen-bond acceptors (Lipinski definition) is 3. The smallest absolute Gasteiger partial charge is 0.0670 e. The monoisotopic (exact) mass is 187 g/mol. The zero-order valence-corrected chi connectivity index (χ0v) is 8.61. The number of nitrogens with zero attached hydrogens (tertiary/aromatic N) is 1. The average molecular weight is 187 g/mol. The van der Waals surface area contributed by atoms with Crippen LogP contribution >= 0.6 is 0 Å². The number of aliphatic hydroxyl groups is 2. The SMILES string of the molecule is CC[C@H](O)CN1C[C@@H](C)C[C@@H](O)C1. The molecule has 3 atom stereocenters. The lowest BCUT2D eigenvalue weighted by Gasteiger charge is -2.35. The molecule has 13 heavy (non-hydrogen) atoms. The molecule has 3 nitrogen and oxygen atoms in total. The first-order valence-electron chi connectivity index (χ1n) is 5.20. The van der Waals surface area contributed by atoms with Crippen molar-refractivity contribution in [3.05, 3.63) is 0 Å². The minimum atomic E-state index is -0.238. The molecule has 0 aromatic heterocycles. The molecule has 0 unspecified atom stereocenters.